The summed E-state index contributed by atoms with van der Waals surface area (Å²) in [6.07, 6.45) is 0.185. The van der Waals surface area contributed by atoms with Gasteiger partial charge in [-0.1, -0.05) is 60.7 Å². The standard InChI is InChI=1S/C22H20N2O2S/c23-20(25)15-16-11-13-18(14-12-16)24-22(26)21(17-7-3-1-4-8-17)27-19-9-5-2-6-10-19/h1-14,21H,15H2,(H2,23,25)(H,24,26). The Labute approximate surface area is 162 Å². The number of nitrogens with two attached hydrogens (primary N) is 1. The van der Waals surface area contributed by atoms with Gasteiger partial charge in [-0.15, -0.1) is 11.8 Å². The van der Waals surface area contributed by atoms with Crippen molar-refractivity contribution in [3.05, 3.63) is 96.1 Å². The normalized spacial score (nSPS) is 11.6. The van der Waals surface area contributed by atoms with Crippen LogP contribution >= 0.6 is 11.8 Å². The smallest absolute Gasteiger partial charge is 0.242 e. The quantitative estimate of drug-likeness (QED) is 0.608. The molecule has 0 aliphatic rings. The summed E-state index contributed by atoms with van der Waals surface area (Å²) in [5.41, 5.74) is 7.65. The molecule has 0 fully saturated rings. The van der Waals surface area contributed by atoms with E-state index in [9.17, 15) is 9.59 Å². The summed E-state index contributed by atoms with van der Waals surface area (Å²) in [4.78, 5) is 25.0. The van der Waals surface area contributed by atoms with E-state index in [1.807, 2.05) is 60.7 Å². The molecule has 3 N–H and O–H groups in total. The summed E-state index contributed by atoms with van der Waals surface area (Å²) < 4.78 is 0. The Hall–Kier alpha value is -3.05. The molecule has 0 saturated heterocycles. The van der Waals surface area contributed by atoms with Crippen LogP contribution in [0.2, 0.25) is 0 Å². The van der Waals surface area contributed by atoms with Gasteiger partial charge < -0.3 is 11.1 Å². The maximum atomic E-state index is 13.0. The molecule has 3 rings (SSSR count). The minimum atomic E-state index is -0.379. The number of hydrogen-bond acceptors (Lipinski definition) is 3. The van der Waals surface area contributed by atoms with Crippen LogP contribution in [0.3, 0.4) is 0 Å². The SMILES string of the molecule is NC(=O)Cc1ccc(NC(=O)C(Sc2ccccc2)c2ccccc2)cc1. The lowest BCUT2D eigenvalue weighted by molar-refractivity contribution is -0.117. The molecule has 4 nitrogen and oxygen atoms in total. The number of nitrogens with one attached hydrogen (secondary N) is 1. The van der Waals surface area contributed by atoms with E-state index in [0.717, 1.165) is 16.0 Å². The Morgan fingerprint density at radius 2 is 1.44 bits per heavy atom. The van der Waals surface area contributed by atoms with E-state index in [2.05, 4.69) is 5.32 Å². The number of benzene rings is 3. The second-order valence-electron chi connectivity index (χ2n) is 6.05. The van der Waals surface area contributed by atoms with E-state index in [1.165, 1.54) is 11.8 Å². The van der Waals surface area contributed by atoms with E-state index in [0.29, 0.717) is 5.69 Å². The van der Waals surface area contributed by atoms with Crippen molar-refractivity contribution in [2.75, 3.05) is 5.32 Å². The number of amides is 2. The van der Waals surface area contributed by atoms with Crippen molar-refractivity contribution < 1.29 is 9.59 Å². The summed E-state index contributed by atoms with van der Waals surface area (Å²) in [5, 5.41) is 2.59. The zero-order chi connectivity index (χ0) is 19.1. The van der Waals surface area contributed by atoms with Crippen LogP contribution in [0.15, 0.2) is 89.8 Å². The average molecular weight is 376 g/mol. The maximum Gasteiger partial charge on any atom is 0.242 e. The molecular weight excluding hydrogens is 356 g/mol. The molecule has 1 unspecified atom stereocenters. The first-order chi connectivity index (χ1) is 13.1. The molecule has 0 heterocycles. The van der Waals surface area contributed by atoms with Crippen LogP contribution in [0.5, 0.6) is 0 Å². The summed E-state index contributed by atoms with van der Waals surface area (Å²) >= 11 is 1.51. The zero-order valence-electron chi connectivity index (χ0n) is 14.7. The molecule has 0 aliphatic heterocycles. The molecule has 0 aromatic heterocycles. The predicted octanol–water partition coefficient (Wildman–Crippen LogP) is 4.19. The number of primary amides is 1. The van der Waals surface area contributed by atoms with Gasteiger partial charge in [0.05, 0.1) is 6.42 Å². The molecule has 3 aromatic carbocycles. The lowest BCUT2D eigenvalue weighted by Gasteiger charge is -2.17. The molecule has 0 saturated carbocycles. The monoisotopic (exact) mass is 376 g/mol. The number of rotatable bonds is 7. The number of anilines is 1. The third kappa shape index (κ3) is 5.46. The van der Waals surface area contributed by atoms with Crippen molar-refractivity contribution in [3.8, 4) is 0 Å². The Balaban J connectivity index is 1.77. The van der Waals surface area contributed by atoms with Crippen LogP contribution in [-0.2, 0) is 16.0 Å². The Morgan fingerprint density at radius 1 is 0.852 bits per heavy atom. The molecule has 0 radical (unpaired) electrons. The van der Waals surface area contributed by atoms with E-state index >= 15 is 0 Å². The maximum absolute atomic E-state index is 13.0. The van der Waals surface area contributed by atoms with Crippen LogP contribution in [0.1, 0.15) is 16.4 Å². The molecule has 0 aliphatic carbocycles. The van der Waals surface area contributed by atoms with Crippen LogP contribution in [0.4, 0.5) is 5.69 Å². The zero-order valence-corrected chi connectivity index (χ0v) is 15.5. The summed E-state index contributed by atoms with van der Waals surface area (Å²) in [6, 6.07) is 26.7. The highest BCUT2D eigenvalue weighted by molar-refractivity contribution is 8.00. The van der Waals surface area contributed by atoms with Crippen molar-refractivity contribution >= 4 is 29.3 Å². The number of carbonyl (C=O) groups excluding carboxylic acids is 2. The highest BCUT2D eigenvalue weighted by atomic mass is 32.2. The van der Waals surface area contributed by atoms with Gasteiger partial charge in [0.25, 0.3) is 0 Å². The van der Waals surface area contributed by atoms with Crippen molar-refractivity contribution in [3.63, 3.8) is 0 Å². The predicted molar refractivity (Wildman–Crippen MR) is 109 cm³/mol. The van der Waals surface area contributed by atoms with Crippen LogP contribution in [0.25, 0.3) is 0 Å². The number of hydrogen-bond donors (Lipinski definition) is 2. The van der Waals surface area contributed by atoms with Gasteiger partial charge in [-0.25, -0.2) is 0 Å². The molecular formula is C22H20N2O2S. The molecule has 3 aromatic rings. The Bertz CT molecular complexity index is 897. The van der Waals surface area contributed by atoms with Crippen molar-refractivity contribution in [2.24, 2.45) is 5.73 Å². The van der Waals surface area contributed by atoms with Crippen LogP contribution < -0.4 is 11.1 Å². The minimum Gasteiger partial charge on any atom is -0.369 e. The van der Waals surface area contributed by atoms with Gasteiger partial charge in [-0.05, 0) is 35.4 Å². The lowest BCUT2D eigenvalue weighted by Crippen LogP contribution is -2.19. The van der Waals surface area contributed by atoms with Gasteiger partial charge in [0, 0.05) is 10.6 Å². The van der Waals surface area contributed by atoms with E-state index in [-0.39, 0.29) is 23.5 Å². The van der Waals surface area contributed by atoms with E-state index < -0.39 is 0 Å². The lowest BCUT2D eigenvalue weighted by atomic mass is 10.1. The number of thioether (sulfide) groups is 1. The second kappa shape index (κ2) is 9.05. The first-order valence-corrected chi connectivity index (χ1v) is 9.44. The Kier molecular flexibility index (Phi) is 6.28. The molecule has 2 amide bonds. The molecule has 136 valence electrons. The summed E-state index contributed by atoms with van der Waals surface area (Å²) in [7, 11) is 0. The minimum absolute atomic E-state index is 0.0993. The summed E-state index contributed by atoms with van der Waals surface area (Å²) in [5.74, 6) is -0.479. The third-order valence-corrected chi connectivity index (χ3v) is 5.20. The highest BCUT2D eigenvalue weighted by Gasteiger charge is 2.22. The fourth-order valence-corrected chi connectivity index (χ4v) is 3.70. The average Bonchev–Trinajstić information content (AvgIpc) is 2.68. The summed E-state index contributed by atoms with van der Waals surface area (Å²) in [6.45, 7) is 0. The van der Waals surface area contributed by atoms with Gasteiger partial charge in [-0.3, -0.25) is 9.59 Å². The largest absolute Gasteiger partial charge is 0.369 e. The molecule has 0 bridgehead atoms. The highest BCUT2D eigenvalue weighted by Crippen LogP contribution is 2.36. The van der Waals surface area contributed by atoms with Gasteiger partial charge >= 0.3 is 0 Å². The van der Waals surface area contributed by atoms with Gasteiger partial charge in [0.1, 0.15) is 5.25 Å². The van der Waals surface area contributed by atoms with Gasteiger partial charge in [0.15, 0.2) is 0 Å². The van der Waals surface area contributed by atoms with E-state index in [4.69, 9.17) is 5.73 Å². The fourth-order valence-electron chi connectivity index (χ4n) is 2.65. The van der Waals surface area contributed by atoms with Gasteiger partial charge in [0.2, 0.25) is 11.8 Å². The van der Waals surface area contributed by atoms with Crippen LogP contribution in [0, 0.1) is 0 Å². The third-order valence-electron chi connectivity index (χ3n) is 3.94. The topological polar surface area (TPSA) is 72.2 Å². The van der Waals surface area contributed by atoms with Crippen LogP contribution in [-0.4, -0.2) is 11.8 Å². The van der Waals surface area contributed by atoms with Crippen molar-refractivity contribution in [2.45, 2.75) is 16.6 Å². The first-order valence-electron chi connectivity index (χ1n) is 8.56. The van der Waals surface area contributed by atoms with Crippen molar-refractivity contribution in [1.82, 2.24) is 0 Å². The first kappa shape index (κ1) is 18.7. The van der Waals surface area contributed by atoms with Crippen molar-refractivity contribution in [1.29, 1.82) is 0 Å². The molecule has 5 heteroatoms. The fraction of sp³-hybridized carbons (Fsp3) is 0.0909. The van der Waals surface area contributed by atoms with Gasteiger partial charge in [-0.2, -0.15) is 0 Å². The Morgan fingerprint density at radius 3 is 2.04 bits per heavy atom. The molecule has 0 spiro atoms. The molecule has 1 atom stereocenters. The molecule has 27 heavy (non-hydrogen) atoms. The number of carbonyl (C=O) groups is 2. The second-order valence-corrected chi connectivity index (χ2v) is 7.23. The van der Waals surface area contributed by atoms with E-state index in [1.54, 1.807) is 24.3 Å².